The Morgan fingerprint density at radius 3 is 3.00 bits per heavy atom. The van der Waals surface area contributed by atoms with Gasteiger partial charge in [0.05, 0.1) is 17.4 Å². The Bertz CT molecular complexity index is 605. The number of anilines is 2. The van der Waals surface area contributed by atoms with Gasteiger partial charge >= 0.3 is 0 Å². The number of aryl methyl sites for hydroxylation is 2. The van der Waals surface area contributed by atoms with Gasteiger partial charge in [0.1, 0.15) is 0 Å². The summed E-state index contributed by atoms with van der Waals surface area (Å²) in [6.45, 7) is 6.09. The molecule has 0 radical (unpaired) electrons. The van der Waals surface area contributed by atoms with Crippen LogP contribution in [0.2, 0.25) is 0 Å². The fourth-order valence-corrected chi connectivity index (χ4v) is 3.19. The van der Waals surface area contributed by atoms with Crippen LogP contribution >= 0.6 is 0 Å². The molecule has 0 aromatic carbocycles. The Hall–Kier alpha value is -2.04. The van der Waals surface area contributed by atoms with Gasteiger partial charge in [0.2, 0.25) is 0 Å². The molecule has 5 nitrogen and oxygen atoms in total. The second-order valence-electron chi connectivity index (χ2n) is 5.68. The van der Waals surface area contributed by atoms with Gasteiger partial charge in [-0.1, -0.05) is 13.0 Å². The van der Waals surface area contributed by atoms with E-state index in [4.69, 9.17) is 5.73 Å². The molecule has 0 spiro atoms. The van der Waals surface area contributed by atoms with Gasteiger partial charge < -0.3 is 10.6 Å². The van der Waals surface area contributed by atoms with E-state index < -0.39 is 0 Å². The Labute approximate surface area is 125 Å². The van der Waals surface area contributed by atoms with Crippen LogP contribution in [0.4, 0.5) is 11.5 Å². The van der Waals surface area contributed by atoms with Gasteiger partial charge in [0.15, 0.2) is 5.82 Å². The summed E-state index contributed by atoms with van der Waals surface area (Å²) in [4.78, 5) is 6.67. The molecule has 0 aliphatic carbocycles. The fraction of sp³-hybridized carbons (Fsp3) is 0.500. The highest BCUT2D eigenvalue weighted by Gasteiger charge is 2.30. The Kier molecular flexibility index (Phi) is 3.82. The van der Waals surface area contributed by atoms with Gasteiger partial charge in [-0.15, -0.1) is 0 Å². The summed E-state index contributed by atoms with van der Waals surface area (Å²) < 4.78 is 2.07. The lowest BCUT2D eigenvalue weighted by atomic mass is 10.1. The first kappa shape index (κ1) is 13.9. The van der Waals surface area contributed by atoms with E-state index in [1.54, 1.807) is 0 Å². The minimum absolute atomic E-state index is 0.354. The van der Waals surface area contributed by atoms with Crippen molar-refractivity contribution in [3.63, 3.8) is 0 Å². The molecule has 1 unspecified atom stereocenters. The minimum atomic E-state index is 0.354. The van der Waals surface area contributed by atoms with Crippen molar-refractivity contribution >= 4 is 11.5 Å². The number of hydrogen-bond donors (Lipinski definition) is 1. The molecule has 112 valence electrons. The molecule has 21 heavy (non-hydrogen) atoms. The highest BCUT2D eigenvalue weighted by Crippen LogP contribution is 2.39. The zero-order valence-corrected chi connectivity index (χ0v) is 12.8. The Morgan fingerprint density at radius 2 is 2.29 bits per heavy atom. The van der Waals surface area contributed by atoms with Crippen molar-refractivity contribution in [3.05, 3.63) is 35.8 Å². The van der Waals surface area contributed by atoms with Crippen LogP contribution in [0.15, 0.2) is 24.5 Å². The van der Waals surface area contributed by atoms with E-state index in [0.717, 1.165) is 43.1 Å². The Morgan fingerprint density at radius 1 is 1.43 bits per heavy atom. The first-order valence-electron chi connectivity index (χ1n) is 7.71. The molecule has 1 aliphatic rings. The maximum absolute atomic E-state index is 6.31. The Balaban J connectivity index is 1.99. The van der Waals surface area contributed by atoms with Gasteiger partial charge in [0, 0.05) is 25.5 Å². The summed E-state index contributed by atoms with van der Waals surface area (Å²) in [6.07, 6.45) is 7.16. The van der Waals surface area contributed by atoms with E-state index in [-0.39, 0.29) is 0 Å². The third-order valence-electron chi connectivity index (χ3n) is 4.18. The van der Waals surface area contributed by atoms with Crippen LogP contribution in [-0.2, 0) is 6.54 Å². The van der Waals surface area contributed by atoms with Gasteiger partial charge in [-0.25, -0.2) is 4.68 Å². The quantitative estimate of drug-likeness (QED) is 0.938. The molecule has 1 fully saturated rings. The van der Waals surface area contributed by atoms with Gasteiger partial charge in [-0.05, 0) is 37.8 Å². The predicted octanol–water partition coefficient (Wildman–Crippen LogP) is 2.92. The number of nitrogens with two attached hydrogens (primary N) is 1. The first-order chi connectivity index (χ1) is 10.2. The smallest absolute Gasteiger partial charge is 0.151 e. The largest absolute Gasteiger partial charge is 0.394 e. The topological polar surface area (TPSA) is 60.0 Å². The average molecular weight is 285 g/mol. The fourth-order valence-electron chi connectivity index (χ4n) is 3.19. The molecular weight excluding hydrogens is 262 g/mol. The number of nitrogens with zero attached hydrogens (tertiary/aromatic N) is 4. The third kappa shape index (κ3) is 2.48. The molecule has 2 N–H and O–H groups in total. The van der Waals surface area contributed by atoms with Crippen molar-refractivity contribution in [1.29, 1.82) is 0 Å². The van der Waals surface area contributed by atoms with E-state index in [1.165, 1.54) is 12.0 Å². The van der Waals surface area contributed by atoms with Crippen molar-refractivity contribution in [1.82, 2.24) is 14.8 Å². The van der Waals surface area contributed by atoms with Crippen molar-refractivity contribution < 1.29 is 0 Å². The molecular formula is C16H23N5. The van der Waals surface area contributed by atoms with Crippen LogP contribution in [0.1, 0.15) is 43.5 Å². The van der Waals surface area contributed by atoms with Crippen LogP contribution in [0.25, 0.3) is 0 Å². The second-order valence-corrected chi connectivity index (χ2v) is 5.68. The molecule has 0 bridgehead atoms. The highest BCUT2D eigenvalue weighted by molar-refractivity contribution is 5.67. The van der Waals surface area contributed by atoms with Crippen molar-refractivity contribution in [3.8, 4) is 0 Å². The van der Waals surface area contributed by atoms with Crippen LogP contribution in [0, 0.1) is 6.92 Å². The second kappa shape index (κ2) is 5.76. The minimum Gasteiger partial charge on any atom is -0.394 e. The standard InChI is InChI=1S/C16H23N5/c1-3-9-21-16(15(17)12(2)19-21)20-10-5-7-14(20)13-6-4-8-18-11-13/h4,6,8,11,14H,3,5,7,9-10,17H2,1-2H3. The summed E-state index contributed by atoms with van der Waals surface area (Å²) in [5.41, 5.74) is 9.32. The molecule has 2 aromatic heterocycles. The summed E-state index contributed by atoms with van der Waals surface area (Å²) in [5, 5.41) is 4.61. The summed E-state index contributed by atoms with van der Waals surface area (Å²) >= 11 is 0. The summed E-state index contributed by atoms with van der Waals surface area (Å²) in [7, 11) is 0. The van der Waals surface area contributed by atoms with Crippen LogP contribution in [0.5, 0.6) is 0 Å². The summed E-state index contributed by atoms with van der Waals surface area (Å²) in [5.74, 6) is 1.08. The molecule has 2 aromatic rings. The van der Waals surface area contributed by atoms with Gasteiger partial charge in [-0.2, -0.15) is 5.10 Å². The lowest BCUT2D eigenvalue weighted by Crippen LogP contribution is -2.26. The first-order valence-corrected chi connectivity index (χ1v) is 7.71. The number of rotatable bonds is 4. The van der Waals surface area contributed by atoms with Crippen LogP contribution in [-0.4, -0.2) is 21.3 Å². The van der Waals surface area contributed by atoms with E-state index in [0.29, 0.717) is 6.04 Å². The maximum Gasteiger partial charge on any atom is 0.151 e. The number of aromatic nitrogens is 3. The third-order valence-corrected chi connectivity index (χ3v) is 4.18. The molecule has 1 atom stereocenters. The highest BCUT2D eigenvalue weighted by atomic mass is 15.4. The number of pyridine rings is 1. The molecule has 1 aliphatic heterocycles. The lowest BCUT2D eigenvalue weighted by molar-refractivity contribution is 0.578. The van der Waals surface area contributed by atoms with Crippen molar-refractivity contribution in [2.75, 3.05) is 17.2 Å². The zero-order chi connectivity index (χ0) is 14.8. The molecule has 5 heteroatoms. The molecule has 3 rings (SSSR count). The van der Waals surface area contributed by atoms with E-state index in [9.17, 15) is 0 Å². The number of nitrogen functional groups attached to an aromatic ring is 1. The molecule has 1 saturated heterocycles. The predicted molar refractivity (Wildman–Crippen MR) is 85.2 cm³/mol. The van der Waals surface area contributed by atoms with E-state index in [1.807, 2.05) is 25.4 Å². The molecule has 3 heterocycles. The normalized spacial score (nSPS) is 18.4. The van der Waals surface area contributed by atoms with Gasteiger partial charge in [-0.3, -0.25) is 4.98 Å². The monoisotopic (exact) mass is 285 g/mol. The van der Waals surface area contributed by atoms with Gasteiger partial charge in [0.25, 0.3) is 0 Å². The van der Waals surface area contributed by atoms with Crippen LogP contribution < -0.4 is 10.6 Å². The van der Waals surface area contributed by atoms with Crippen molar-refractivity contribution in [2.24, 2.45) is 0 Å². The zero-order valence-electron chi connectivity index (χ0n) is 12.8. The van der Waals surface area contributed by atoms with Crippen molar-refractivity contribution in [2.45, 2.75) is 45.7 Å². The van der Waals surface area contributed by atoms with Crippen LogP contribution in [0.3, 0.4) is 0 Å². The summed E-state index contributed by atoms with van der Waals surface area (Å²) in [6, 6.07) is 4.51. The average Bonchev–Trinajstić information content (AvgIpc) is 3.06. The SMILES string of the molecule is CCCn1nc(C)c(N)c1N1CCCC1c1cccnc1. The number of hydrogen-bond acceptors (Lipinski definition) is 4. The lowest BCUT2D eigenvalue weighted by Gasteiger charge is -2.28. The van der Waals surface area contributed by atoms with E-state index in [2.05, 4.69) is 32.7 Å². The molecule has 0 amide bonds. The van der Waals surface area contributed by atoms with E-state index >= 15 is 0 Å². The molecule has 0 saturated carbocycles. The maximum atomic E-state index is 6.31.